The van der Waals surface area contributed by atoms with Crippen LogP contribution in [0.5, 0.6) is 0 Å². The topological polar surface area (TPSA) is 116 Å². The van der Waals surface area contributed by atoms with Gasteiger partial charge in [-0.05, 0) is 20.8 Å². The summed E-state index contributed by atoms with van der Waals surface area (Å²) >= 11 is 0. The average molecular weight is 279 g/mol. The number of hydrogen-bond acceptors (Lipinski definition) is 5. The van der Waals surface area contributed by atoms with Gasteiger partial charge in [-0.15, -0.1) is 0 Å². The highest BCUT2D eigenvalue weighted by Gasteiger charge is 2.28. The molecule has 2 rings (SSSR count). The van der Waals surface area contributed by atoms with Crippen LogP contribution in [0.4, 0.5) is 5.69 Å². The third kappa shape index (κ3) is 2.02. The number of aromatic nitrogens is 4. The quantitative estimate of drug-likeness (QED) is 0.666. The molecule has 0 atom stereocenters. The van der Waals surface area contributed by atoms with E-state index in [1.165, 1.54) is 29.4 Å². The Labute approximate surface area is 113 Å². The van der Waals surface area contributed by atoms with E-state index in [-0.39, 0.29) is 28.5 Å². The molecule has 0 fully saturated rings. The Morgan fingerprint density at radius 2 is 2.05 bits per heavy atom. The van der Waals surface area contributed by atoms with Crippen LogP contribution in [0.2, 0.25) is 0 Å². The van der Waals surface area contributed by atoms with E-state index in [1.54, 1.807) is 6.92 Å². The Bertz CT molecular complexity index is 700. The number of carboxylic acid groups (broad SMARTS) is 1. The second kappa shape index (κ2) is 4.76. The number of carboxylic acids is 1. The van der Waals surface area contributed by atoms with Gasteiger partial charge in [0.15, 0.2) is 0 Å². The SMILES string of the molecule is CCn1nc(C)c([N+](=O)[O-])c1-n1cc(C(=O)O)c(C)n1. The van der Waals surface area contributed by atoms with Crippen molar-refractivity contribution in [3.05, 3.63) is 33.3 Å². The molecule has 0 bridgehead atoms. The minimum absolute atomic E-state index is 0.000745. The molecule has 0 spiro atoms. The first-order chi connectivity index (χ1) is 9.36. The van der Waals surface area contributed by atoms with E-state index in [9.17, 15) is 14.9 Å². The van der Waals surface area contributed by atoms with Gasteiger partial charge in [-0.1, -0.05) is 0 Å². The third-order valence-electron chi connectivity index (χ3n) is 2.90. The number of aryl methyl sites for hydroxylation is 3. The van der Waals surface area contributed by atoms with Gasteiger partial charge >= 0.3 is 11.7 Å². The average Bonchev–Trinajstić information content (AvgIpc) is 2.89. The summed E-state index contributed by atoms with van der Waals surface area (Å²) in [6.07, 6.45) is 1.26. The lowest BCUT2D eigenvalue weighted by Crippen LogP contribution is -2.08. The Morgan fingerprint density at radius 1 is 1.40 bits per heavy atom. The van der Waals surface area contributed by atoms with Crippen LogP contribution in [0.15, 0.2) is 6.20 Å². The first kappa shape index (κ1) is 13.7. The molecular formula is C11H13N5O4. The van der Waals surface area contributed by atoms with Crippen molar-refractivity contribution in [1.29, 1.82) is 0 Å². The fraction of sp³-hybridized carbons (Fsp3) is 0.364. The molecule has 0 aliphatic heterocycles. The molecule has 0 aliphatic carbocycles. The smallest absolute Gasteiger partial charge is 0.339 e. The van der Waals surface area contributed by atoms with Crippen molar-refractivity contribution in [3.8, 4) is 5.82 Å². The molecule has 9 heteroatoms. The molecule has 0 radical (unpaired) electrons. The molecule has 0 aliphatic rings. The molecule has 2 aromatic heterocycles. The van der Waals surface area contributed by atoms with Crippen LogP contribution in [0.3, 0.4) is 0 Å². The zero-order chi connectivity index (χ0) is 15.0. The number of nitrogens with zero attached hydrogens (tertiary/aromatic N) is 5. The van der Waals surface area contributed by atoms with Crippen molar-refractivity contribution in [2.24, 2.45) is 0 Å². The highest BCUT2D eigenvalue weighted by atomic mass is 16.6. The van der Waals surface area contributed by atoms with E-state index >= 15 is 0 Å². The maximum atomic E-state index is 11.2. The van der Waals surface area contributed by atoms with Crippen LogP contribution in [0, 0.1) is 24.0 Å². The molecule has 2 heterocycles. The molecule has 0 amide bonds. The third-order valence-corrected chi connectivity index (χ3v) is 2.90. The number of rotatable bonds is 4. The van der Waals surface area contributed by atoms with Gasteiger partial charge in [-0.25, -0.2) is 14.2 Å². The predicted octanol–water partition coefficient (Wildman–Crippen LogP) is 1.31. The van der Waals surface area contributed by atoms with Crippen LogP contribution in [0.1, 0.15) is 28.7 Å². The zero-order valence-electron chi connectivity index (χ0n) is 11.2. The van der Waals surface area contributed by atoms with Crippen LogP contribution in [-0.2, 0) is 6.54 Å². The molecule has 1 N–H and O–H groups in total. The number of aromatic carboxylic acids is 1. The van der Waals surface area contributed by atoms with E-state index in [0.29, 0.717) is 6.54 Å². The first-order valence-corrected chi connectivity index (χ1v) is 5.88. The van der Waals surface area contributed by atoms with Crippen molar-refractivity contribution >= 4 is 11.7 Å². The maximum Gasteiger partial charge on any atom is 0.339 e. The van der Waals surface area contributed by atoms with Gasteiger partial charge in [0.05, 0.1) is 10.6 Å². The van der Waals surface area contributed by atoms with Crippen LogP contribution >= 0.6 is 0 Å². The van der Waals surface area contributed by atoms with Crippen LogP contribution in [-0.4, -0.2) is 35.6 Å². The second-order valence-electron chi connectivity index (χ2n) is 4.21. The minimum atomic E-state index is -1.13. The summed E-state index contributed by atoms with van der Waals surface area (Å²) in [5.41, 5.74) is 0.372. The molecule has 0 saturated carbocycles. The van der Waals surface area contributed by atoms with Crippen LogP contribution < -0.4 is 0 Å². The van der Waals surface area contributed by atoms with Gasteiger partial charge in [0.25, 0.3) is 0 Å². The fourth-order valence-electron chi connectivity index (χ4n) is 2.00. The van der Waals surface area contributed by atoms with E-state index in [4.69, 9.17) is 5.11 Å². The van der Waals surface area contributed by atoms with E-state index in [0.717, 1.165) is 0 Å². The lowest BCUT2D eigenvalue weighted by Gasteiger charge is -2.03. The predicted molar refractivity (Wildman–Crippen MR) is 68.1 cm³/mol. The zero-order valence-corrected chi connectivity index (χ0v) is 11.2. The summed E-state index contributed by atoms with van der Waals surface area (Å²) in [7, 11) is 0. The lowest BCUT2D eigenvalue weighted by atomic mass is 10.3. The first-order valence-electron chi connectivity index (χ1n) is 5.88. The maximum absolute atomic E-state index is 11.2. The minimum Gasteiger partial charge on any atom is -0.478 e. The number of nitro groups is 1. The molecule has 9 nitrogen and oxygen atoms in total. The number of hydrogen-bond donors (Lipinski definition) is 1. The fourth-order valence-corrected chi connectivity index (χ4v) is 2.00. The van der Waals surface area contributed by atoms with E-state index in [2.05, 4.69) is 10.2 Å². The summed E-state index contributed by atoms with van der Waals surface area (Å²) in [4.78, 5) is 21.7. The summed E-state index contributed by atoms with van der Waals surface area (Å²) in [6, 6.07) is 0. The monoisotopic (exact) mass is 279 g/mol. The molecule has 2 aromatic rings. The van der Waals surface area contributed by atoms with Crippen molar-refractivity contribution in [1.82, 2.24) is 19.6 Å². The molecule has 0 unspecified atom stereocenters. The number of carbonyl (C=O) groups is 1. The Hall–Kier alpha value is -2.71. The van der Waals surface area contributed by atoms with Gasteiger partial charge in [0.2, 0.25) is 5.82 Å². The summed E-state index contributed by atoms with van der Waals surface area (Å²) in [6.45, 7) is 5.26. The Morgan fingerprint density at radius 3 is 2.50 bits per heavy atom. The molecule has 106 valence electrons. The largest absolute Gasteiger partial charge is 0.478 e. The lowest BCUT2D eigenvalue weighted by molar-refractivity contribution is -0.385. The van der Waals surface area contributed by atoms with Gasteiger partial charge in [-0.3, -0.25) is 10.1 Å². The highest BCUT2D eigenvalue weighted by molar-refractivity contribution is 5.88. The molecule has 20 heavy (non-hydrogen) atoms. The Kier molecular flexibility index (Phi) is 3.26. The van der Waals surface area contributed by atoms with E-state index < -0.39 is 10.9 Å². The van der Waals surface area contributed by atoms with Crippen molar-refractivity contribution in [3.63, 3.8) is 0 Å². The summed E-state index contributed by atoms with van der Waals surface area (Å²) in [5.74, 6) is -0.971. The molecular weight excluding hydrogens is 266 g/mol. The van der Waals surface area contributed by atoms with Gasteiger partial charge in [0, 0.05) is 12.7 Å². The molecule has 0 saturated heterocycles. The van der Waals surface area contributed by atoms with Gasteiger partial charge in [-0.2, -0.15) is 10.2 Å². The van der Waals surface area contributed by atoms with Crippen LogP contribution in [0.25, 0.3) is 5.82 Å². The normalized spacial score (nSPS) is 10.8. The molecule has 0 aromatic carbocycles. The van der Waals surface area contributed by atoms with Gasteiger partial charge in [0.1, 0.15) is 11.3 Å². The Balaban J connectivity index is 2.71. The standard InChI is InChI=1S/C11H13N5O4/c1-4-14-10(9(16(19)20)7(3)13-14)15-5-8(11(17)18)6(2)12-15/h5H,4H2,1-3H3,(H,17,18). The van der Waals surface area contributed by atoms with Crippen molar-refractivity contribution < 1.29 is 14.8 Å². The second-order valence-corrected chi connectivity index (χ2v) is 4.21. The summed E-state index contributed by atoms with van der Waals surface area (Å²) in [5, 5.41) is 28.3. The summed E-state index contributed by atoms with van der Waals surface area (Å²) < 4.78 is 2.62. The van der Waals surface area contributed by atoms with Crippen molar-refractivity contribution in [2.75, 3.05) is 0 Å². The highest BCUT2D eigenvalue weighted by Crippen LogP contribution is 2.27. The van der Waals surface area contributed by atoms with E-state index in [1.807, 2.05) is 0 Å². The van der Waals surface area contributed by atoms with Gasteiger partial charge < -0.3 is 5.11 Å². The van der Waals surface area contributed by atoms with Crippen molar-refractivity contribution in [2.45, 2.75) is 27.3 Å².